The number of rotatable bonds is 5. The smallest absolute Gasteiger partial charge is 0.257 e. The third-order valence-electron chi connectivity index (χ3n) is 3.07. The van der Waals surface area contributed by atoms with Crippen LogP contribution < -0.4 is 15.8 Å². The summed E-state index contributed by atoms with van der Waals surface area (Å²) >= 11 is 1.24. The van der Waals surface area contributed by atoms with Gasteiger partial charge in [-0.3, -0.25) is 14.9 Å². The van der Waals surface area contributed by atoms with Crippen molar-refractivity contribution in [2.45, 2.75) is 0 Å². The highest BCUT2D eigenvalue weighted by atomic mass is 32.1. The number of anilines is 1. The fourth-order valence-electron chi connectivity index (χ4n) is 1.89. The van der Waals surface area contributed by atoms with Crippen molar-refractivity contribution in [3.63, 3.8) is 0 Å². The molecule has 3 N–H and O–H groups in total. The summed E-state index contributed by atoms with van der Waals surface area (Å²) in [6.07, 6.45) is 0. The average Bonchev–Trinajstić information content (AvgIpc) is 3.09. The van der Waals surface area contributed by atoms with Gasteiger partial charge in [-0.1, -0.05) is 11.3 Å². The number of aromatic nitrogens is 2. The van der Waals surface area contributed by atoms with Crippen LogP contribution in [-0.4, -0.2) is 22.0 Å². The number of nitrogens with one attached hydrogen (secondary N) is 1. The zero-order valence-corrected chi connectivity index (χ0v) is 13.1. The predicted octanol–water partition coefficient (Wildman–Crippen LogP) is 2.68. The van der Waals surface area contributed by atoms with E-state index in [1.165, 1.54) is 16.8 Å². The van der Waals surface area contributed by atoms with Gasteiger partial charge in [-0.2, -0.15) is 0 Å². The van der Waals surface area contributed by atoms with E-state index in [1.807, 2.05) is 0 Å². The SMILES string of the molecule is NC(=O)c1ccc(Oc2ccc(C(=O)Nc3nncs3)cc2)cc1. The Morgan fingerprint density at radius 1 is 0.958 bits per heavy atom. The van der Waals surface area contributed by atoms with Crippen LogP contribution in [0, 0.1) is 0 Å². The van der Waals surface area contributed by atoms with Gasteiger partial charge in [0.2, 0.25) is 11.0 Å². The van der Waals surface area contributed by atoms with Gasteiger partial charge in [-0.05, 0) is 48.5 Å². The summed E-state index contributed by atoms with van der Waals surface area (Å²) in [5.41, 5.74) is 7.60. The molecule has 0 aliphatic heterocycles. The van der Waals surface area contributed by atoms with E-state index in [-0.39, 0.29) is 5.91 Å². The van der Waals surface area contributed by atoms with Crippen molar-refractivity contribution in [3.05, 3.63) is 65.2 Å². The van der Waals surface area contributed by atoms with Gasteiger partial charge in [-0.15, -0.1) is 10.2 Å². The van der Waals surface area contributed by atoms with Gasteiger partial charge in [0, 0.05) is 11.1 Å². The van der Waals surface area contributed by atoms with E-state index >= 15 is 0 Å². The lowest BCUT2D eigenvalue weighted by Gasteiger charge is -2.07. The molecule has 0 aliphatic carbocycles. The highest BCUT2D eigenvalue weighted by Crippen LogP contribution is 2.22. The van der Waals surface area contributed by atoms with E-state index in [0.717, 1.165) is 0 Å². The third kappa shape index (κ3) is 3.73. The Labute approximate surface area is 141 Å². The summed E-state index contributed by atoms with van der Waals surface area (Å²) in [5.74, 6) is 0.358. The number of amides is 2. The molecule has 0 atom stereocenters. The lowest BCUT2D eigenvalue weighted by molar-refractivity contribution is 0.0997. The maximum atomic E-state index is 12.0. The van der Waals surface area contributed by atoms with Crippen molar-refractivity contribution >= 4 is 28.3 Å². The van der Waals surface area contributed by atoms with E-state index in [2.05, 4.69) is 15.5 Å². The molecule has 7 nitrogen and oxygen atoms in total. The van der Waals surface area contributed by atoms with E-state index in [0.29, 0.717) is 27.8 Å². The van der Waals surface area contributed by atoms with Crippen LogP contribution in [0.1, 0.15) is 20.7 Å². The Kier molecular flexibility index (Phi) is 4.48. The molecular weight excluding hydrogens is 328 g/mol. The van der Waals surface area contributed by atoms with Gasteiger partial charge in [0.15, 0.2) is 0 Å². The molecule has 0 unspecified atom stereocenters. The molecule has 0 aliphatic rings. The number of benzene rings is 2. The molecule has 2 aromatic carbocycles. The predicted molar refractivity (Wildman–Crippen MR) is 89.3 cm³/mol. The zero-order valence-electron chi connectivity index (χ0n) is 12.3. The monoisotopic (exact) mass is 340 g/mol. The van der Waals surface area contributed by atoms with Crippen molar-refractivity contribution in [2.75, 3.05) is 5.32 Å². The molecule has 3 rings (SSSR count). The fraction of sp³-hybridized carbons (Fsp3) is 0. The maximum absolute atomic E-state index is 12.0. The third-order valence-corrected chi connectivity index (χ3v) is 3.68. The number of ether oxygens (including phenoxy) is 1. The average molecular weight is 340 g/mol. The summed E-state index contributed by atoms with van der Waals surface area (Å²) in [4.78, 5) is 23.0. The lowest BCUT2D eigenvalue weighted by Crippen LogP contribution is -2.11. The van der Waals surface area contributed by atoms with Crippen molar-refractivity contribution in [1.82, 2.24) is 10.2 Å². The van der Waals surface area contributed by atoms with Crippen LogP contribution >= 0.6 is 11.3 Å². The number of carbonyl (C=O) groups excluding carboxylic acids is 2. The highest BCUT2D eigenvalue weighted by Gasteiger charge is 2.08. The first kappa shape index (κ1) is 15.6. The molecule has 0 bridgehead atoms. The van der Waals surface area contributed by atoms with Crippen molar-refractivity contribution < 1.29 is 14.3 Å². The topological polar surface area (TPSA) is 107 Å². The van der Waals surface area contributed by atoms with Gasteiger partial charge < -0.3 is 10.5 Å². The Bertz CT molecular complexity index is 846. The Morgan fingerprint density at radius 2 is 1.54 bits per heavy atom. The fourth-order valence-corrected chi connectivity index (χ4v) is 2.33. The molecule has 1 heterocycles. The van der Waals surface area contributed by atoms with Crippen LogP contribution in [-0.2, 0) is 0 Å². The molecule has 0 radical (unpaired) electrons. The van der Waals surface area contributed by atoms with Gasteiger partial charge in [0.1, 0.15) is 17.0 Å². The molecule has 0 saturated carbocycles. The van der Waals surface area contributed by atoms with E-state index in [4.69, 9.17) is 10.5 Å². The van der Waals surface area contributed by atoms with Crippen molar-refractivity contribution in [1.29, 1.82) is 0 Å². The minimum Gasteiger partial charge on any atom is -0.457 e. The summed E-state index contributed by atoms with van der Waals surface area (Å²) in [6.45, 7) is 0. The molecule has 0 saturated heterocycles. The number of carbonyl (C=O) groups is 2. The first-order valence-corrected chi connectivity index (χ1v) is 7.75. The first-order chi connectivity index (χ1) is 11.6. The lowest BCUT2D eigenvalue weighted by atomic mass is 10.2. The van der Waals surface area contributed by atoms with Crippen molar-refractivity contribution in [3.8, 4) is 11.5 Å². The van der Waals surface area contributed by atoms with E-state index in [9.17, 15) is 9.59 Å². The molecule has 8 heteroatoms. The normalized spacial score (nSPS) is 10.2. The first-order valence-electron chi connectivity index (χ1n) is 6.87. The molecule has 1 aromatic heterocycles. The molecule has 0 fully saturated rings. The molecular formula is C16H12N4O3S. The molecule has 2 amide bonds. The largest absolute Gasteiger partial charge is 0.457 e. The Morgan fingerprint density at radius 3 is 2.04 bits per heavy atom. The van der Waals surface area contributed by atoms with Gasteiger partial charge in [0.05, 0.1) is 0 Å². The Balaban J connectivity index is 1.65. The second-order valence-electron chi connectivity index (χ2n) is 4.71. The second kappa shape index (κ2) is 6.88. The van der Waals surface area contributed by atoms with Crippen LogP contribution in [0.2, 0.25) is 0 Å². The minimum absolute atomic E-state index is 0.274. The Hall–Kier alpha value is -3.26. The minimum atomic E-state index is -0.493. The van der Waals surface area contributed by atoms with Crippen LogP contribution in [0.4, 0.5) is 5.13 Å². The number of hydrogen-bond acceptors (Lipinski definition) is 6. The molecule has 24 heavy (non-hydrogen) atoms. The number of hydrogen-bond donors (Lipinski definition) is 2. The summed E-state index contributed by atoms with van der Waals surface area (Å²) in [5, 5.41) is 10.5. The van der Waals surface area contributed by atoms with Crippen molar-refractivity contribution in [2.24, 2.45) is 5.73 Å². The maximum Gasteiger partial charge on any atom is 0.257 e. The highest BCUT2D eigenvalue weighted by molar-refractivity contribution is 7.13. The number of primary amides is 1. The summed E-state index contributed by atoms with van der Waals surface area (Å²) in [6, 6.07) is 13.1. The van der Waals surface area contributed by atoms with Gasteiger partial charge in [-0.25, -0.2) is 0 Å². The molecule has 3 aromatic rings. The van der Waals surface area contributed by atoms with E-state index < -0.39 is 5.91 Å². The summed E-state index contributed by atoms with van der Waals surface area (Å²) in [7, 11) is 0. The number of nitrogens with two attached hydrogens (primary N) is 1. The van der Waals surface area contributed by atoms with Crippen LogP contribution in [0.3, 0.4) is 0 Å². The van der Waals surface area contributed by atoms with Crippen LogP contribution in [0.25, 0.3) is 0 Å². The second-order valence-corrected chi connectivity index (χ2v) is 5.55. The van der Waals surface area contributed by atoms with Gasteiger partial charge >= 0.3 is 0 Å². The van der Waals surface area contributed by atoms with Gasteiger partial charge in [0.25, 0.3) is 5.91 Å². The van der Waals surface area contributed by atoms with E-state index in [1.54, 1.807) is 48.5 Å². The standard InChI is InChI=1S/C16H12N4O3S/c17-14(21)10-1-5-12(6-2-10)23-13-7-3-11(4-8-13)15(22)19-16-20-18-9-24-16/h1-9H,(H2,17,21)(H,19,20,22). The van der Waals surface area contributed by atoms with Crippen LogP contribution in [0.5, 0.6) is 11.5 Å². The number of nitrogens with zero attached hydrogens (tertiary/aromatic N) is 2. The zero-order chi connectivity index (χ0) is 16.9. The molecule has 120 valence electrons. The quantitative estimate of drug-likeness (QED) is 0.742. The van der Waals surface area contributed by atoms with Crippen LogP contribution in [0.15, 0.2) is 54.0 Å². The molecule has 0 spiro atoms. The summed E-state index contributed by atoms with van der Waals surface area (Å²) < 4.78 is 5.65.